The molecular weight excluding hydrogens is 594 g/mol. The Hall–Kier alpha value is -5.09. The Labute approximate surface area is 260 Å². The Morgan fingerprint density at radius 3 is 1.98 bits per heavy atom. The third kappa shape index (κ3) is 3.34. The van der Waals surface area contributed by atoms with Gasteiger partial charge in [-0.1, -0.05) is 59.2 Å². The summed E-state index contributed by atoms with van der Waals surface area (Å²) >= 11 is 6.28. The van der Waals surface area contributed by atoms with E-state index in [4.69, 9.17) is 16.0 Å². The van der Waals surface area contributed by atoms with Crippen LogP contribution in [0.25, 0.3) is 33.3 Å². The number of carbonyl (C=O) groups excluding carboxylic acids is 4. The molecule has 6 unspecified atom stereocenters. The van der Waals surface area contributed by atoms with E-state index in [0.717, 1.165) is 33.3 Å². The Bertz CT molecular complexity index is 2130. The first kappa shape index (κ1) is 26.3. The zero-order valence-electron chi connectivity index (χ0n) is 23.8. The molecule has 2 aliphatic heterocycles. The van der Waals surface area contributed by atoms with Gasteiger partial charge in [0.25, 0.3) is 5.89 Å². The monoisotopic (exact) mass is 617 g/mol. The highest BCUT2D eigenvalue weighted by molar-refractivity contribution is 6.33. The summed E-state index contributed by atoms with van der Waals surface area (Å²) in [4.78, 5) is 58.2. The highest BCUT2D eigenvalue weighted by atomic mass is 35.5. The van der Waals surface area contributed by atoms with E-state index in [9.17, 15) is 19.2 Å². The molecule has 2 bridgehead atoms. The summed E-state index contributed by atoms with van der Waals surface area (Å²) in [5, 5.41) is 10.4. The van der Waals surface area contributed by atoms with Gasteiger partial charge in [0.05, 0.1) is 39.9 Å². The van der Waals surface area contributed by atoms with Gasteiger partial charge in [-0.25, -0.2) is 4.90 Å². The van der Waals surface area contributed by atoms with Crippen LogP contribution < -0.4 is 9.80 Å². The lowest BCUT2D eigenvalue weighted by molar-refractivity contribution is -0.137. The van der Waals surface area contributed by atoms with E-state index in [1.165, 1.54) is 4.90 Å². The molecule has 2 aromatic heterocycles. The molecule has 222 valence electrons. The van der Waals surface area contributed by atoms with Gasteiger partial charge in [-0.3, -0.25) is 19.2 Å². The van der Waals surface area contributed by atoms with Crippen LogP contribution in [0.1, 0.15) is 6.92 Å². The summed E-state index contributed by atoms with van der Waals surface area (Å²) in [6.07, 6.45) is 3.66. The molecule has 4 amide bonds. The molecule has 3 aliphatic carbocycles. The molecule has 2 saturated heterocycles. The van der Waals surface area contributed by atoms with E-state index in [2.05, 4.69) is 27.8 Å². The van der Waals surface area contributed by atoms with E-state index >= 15 is 0 Å². The first-order chi connectivity index (χ1) is 21.9. The lowest BCUT2D eigenvalue weighted by Crippen LogP contribution is -2.50. The molecule has 5 aromatic rings. The molecule has 4 heterocycles. The number of para-hydroxylation sites is 1. The molecule has 11 heteroatoms. The predicted molar refractivity (Wildman–Crippen MR) is 165 cm³/mol. The van der Waals surface area contributed by atoms with Crippen molar-refractivity contribution in [2.75, 3.05) is 9.80 Å². The average Bonchev–Trinajstić information content (AvgIpc) is 3.79. The van der Waals surface area contributed by atoms with Crippen molar-refractivity contribution < 1.29 is 23.6 Å². The van der Waals surface area contributed by atoms with E-state index < -0.39 is 47.3 Å². The SMILES string of the molecule is CCn1c2ccccc2c2cc(N3C(=O)C4C5C=CC(C4C3=O)C3C(=O)N(c4nnc(-c6ccccc6Cl)o4)C(=O)C53)ccc21. The van der Waals surface area contributed by atoms with Crippen LogP contribution in [0, 0.1) is 35.5 Å². The summed E-state index contributed by atoms with van der Waals surface area (Å²) < 4.78 is 7.98. The number of carbonyl (C=O) groups is 4. The van der Waals surface area contributed by atoms with Crippen LogP contribution in [0.15, 0.2) is 83.3 Å². The van der Waals surface area contributed by atoms with E-state index in [0.29, 0.717) is 16.3 Å². The maximum atomic E-state index is 14.1. The van der Waals surface area contributed by atoms with Crippen LogP contribution in [0.5, 0.6) is 0 Å². The molecule has 5 aliphatic rings. The number of hydrogen-bond acceptors (Lipinski definition) is 7. The number of fused-ring (bicyclic) bond motifs is 3. The van der Waals surface area contributed by atoms with Crippen molar-refractivity contribution in [2.24, 2.45) is 35.5 Å². The number of hydrogen-bond donors (Lipinski definition) is 0. The van der Waals surface area contributed by atoms with Gasteiger partial charge in [0.2, 0.25) is 23.6 Å². The lowest BCUT2D eigenvalue weighted by Gasteiger charge is -2.44. The number of halogens is 1. The third-order valence-corrected chi connectivity index (χ3v) is 10.4. The Kier molecular flexibility index (Phi) is 5.39. The van der Waals surface area contributed by atoms with Crippen LogP contribution >= 0.6 is 11.6 Å². The Morgan fingerprint density at radius 2 is 1.31 bits per heavy atom. The number of rotatable bonds is 4. The molecular formula is C34H24ClN5O5. The minimum absolute atomic E-state index is 0.0732. The first-order valence-corrected chi connectivity index (χ1v) is 15.3. The first-order valence-electron chi connectivity index (χ1n) is 14.9. The van der Waals surface area contributed by atoms with E-state index in [1.807, 2.05) is 42.5 Å². The minimum Gasteiger partial charge on any atom is -0.403 e. The highest BCUT2D eigenvalue weighted by Crippen LogP contribution is 2.58. The molecule has 10 rings (SSSR count). The Balaban J connectivity index is 1.07. The van der Waals surface area contributed by atoms with Crippen LogP contribution in [0.2, 0.25) is 5.02 Å². The second kappa shape index (κ2) is 9.21. The lowest BCUT2D eigenvalue weighted by atomic mass is 9.54. The average molecular weight is 618 g/mol. The van der Waals surface area contributed by atoms with Crippen molar-refractivity contribution in [3.8, 4) is 11.5 Å². The van der Waals surface area contributed by atoms with Crippen LogP contribution in [0.4, 0.5) is 11.7 Å². The molecule has 1 saturated carbocycles. The summed E-state index contributed by atoms with van der Waals surface area (Å²) in [5.74, 6) is -6.01. The summed E-state index contributed by atoms with van der Waals surface area (Å²) in [6, 6.07) is 20.3. The number of imide groups is 2. The van der Waals surface area contributed by atoms with Gasteiger partial charge in [-0.15, -0.1) is 5.10 Å². The molecule has 0 spiro atoms. The van der Waals surface area contributed by atoms with Gasteiger partial charge in [0, 0.05) is 40.2 Å². The van der Waals surface area contributed by atoms with Gasteiger partial charge in [-0.05, 0) is 43.3 Å². The molecule has 3 aromatic carbocycles. The molecule has 0 radical (unpaired) electrons. The standard InChI is InChI=1S/C34H24ClN5O5/c1-2-38-23-10-6-4-7-17(23)21-15-16(11-14-24(21)38)39-30(41)25-19-12-13-20(26(25)31(39)42)28-27(19)32(43)40(33(28)44)34-37-36-29(45-34)18-8-3-5-9-22(18)35/h3-15,19-20,25-28H,2H2,1H3. The normalized spacial score (nSPS) is 27.0. The quantitative estimate of drug-likeness (QED) is 0.200. The van der Waals surface area contributed by atoms with Gasteiger partial charge >= 0.3 is 6.01 Å². The van der Waals surface area contributed by atoms with Gasteiger partial charge in [0.15, 0.2) is 0 Å². The smallest absolute Gasteiger partial charge is 0.332 e. The number of benzene rings is 3. The molecule has 6 atom stereocenters. The number of aryl methyl sites for hydroxylation is 1. The third-order valence-electron chi connectivity index (χ3n) is 10.1. The van der Waals surface area contributed by atoms with Crippen molar-refractivity contribution in [3.63, 3.8) is 0 Å². The zero-order valence-corrected chi connectivity index (χ0v) is 24.6. The fourth-order valence-corrected chi connectivity index (χ4v) is 8.46. The number of anilines is 2. The van der Waals surface area contributed by atoms with Crippen LogP contribution in [0.3, 0.4) is 0 Å². The Morgan fingerprint density at radius 1 is 0.711 bits per heavy atom. The fourth-order valence-electron chi connectivity index (χ4n) is 8.24. The summed E-state index contributed by atoms with van der Waals surface area (Å²) in [6.45, 7) is 2.86. The van der Waals surface area contributed by atoms with Gasteiger partial charge in [-0.2, -0.15) is 4.90 Å². The topological polar surface area (TPSA) is 119 Å². The van der Waals surface area contributed by atoms with Crippen molar-refractivity contribution >= 4 is 68.7 Å². The molecule has 10 nitrogen and oxygen atoms in total. The number of amides is 4. The molecule has 0 N–H and O–H groups in total. The van der Waals surface area contributed by atoms with E-state index in [-0.39, 0.29) is 23.7 Å². The predicted octanol–water partition coefficient (Wildman–Crippen LogP) is 5.25. The number of allylic oxidation sites excluding steroid dienone is 2. The summed E-state index contributed by atoms with van der Waals surface area (Å²) in [7, 11) is 0. The van der Waals surface area contributed by atoms with Crippen molar-refractivity contribution in [3.05, 3.63) is 83.9 Å². The second-order valence-electron chi connectivity index (χ2n) is 12.0. The maximum Gasteiger partial charge on any atom is 0.332 e. The van der Waals surface area contributed by atoms with Crippen LogP contribution in [-0.2, 0) is 25.7 Å². The van der Waals surface area contributed by atoms with Crippen molar-refractivity contribution in [2.45, 2.75) is 13.5 Å². The molecule has 45 heavy (non-hydrogen) atoms. The number of aromatic nitrogens is 3. The minimum atomic E-state index is -0.814. The van der Waals surface area contributed by atoms with Gasteiger partial charge < -0.3 is 8.98 Å². The van der Waals surface area contributed by atoms with Crippen LogP contribution in [-0.4, -0.2) is 38.4 Å². The maximum absolute atomic E-state index is 14.1. The molecule has 3 fully saturated rings. The van der Waals surface area contributed by atoms with Crippen molar-refractivity contribution in [1.29, 1.82) is 0 Å². The summed E-state index contributed by atoms with van der Waals surface area (Å²) in [5.41, 5.74) is 3.06. The zero-order chi connectivity index (χ0) is 30.7. The van der Waals surface area contributed by atoms with Gasteiger partial charge in [0.1, 0.15) is 0 Å². The second-order valence-corrected chi connectivity index (χ2v) is 12.4. The van der Waals surface area contributed by atoms with E-state index in [1.54, 1.807) is 30.3 Å². The van der Waals surface area contributed by atoms with Crippen molar-refractivity contribution in [1.82, 2.24) is 14.8 Å². The largest absolute Gasteiger partial charge is 0.403 e. The fraction of sp³-hybridized carbons (Fsp3) is 0.235. The highest BCUT2D eigenvalue weighted by Gasteiger charge is 2.69. The number of nitrogens with zero attached hydrogens (tertiary/aromatic N) is 5.